The minimum Gasteiger partial charge on any atom is -0.758 e. The van der Waals surface area contributed by atoms with E-state index in [1.165, 1.54) is 18.5 Å². The molecule has 0 radical (unpaired) electrons. The summed E-state index contributed by atoms with van der Waals surface area (Å²) in [6, 6.07) is 5.47. The van der Waals surface area contributed by atoms with Gasteiger partial charge in [-0.25, -0.2) is 0 Å². The molecule has 1 fully saturated rings. The zero-order valence-corrected chi connectivity index (χ0v) is 17.3. The van der Waals surface area contributed by atoms with E-state index in [1.54, 1.807) is 18.2 Å². The maximum Gasteiger partial charge on any atom is 0.304 e. The Labute approximate surface area is 180 Å². The van der Waals surface area contributed by atoms with Gasteiger partial charge in [-0.3, -0.25) is 14.6 Å². The second-order valence-electron chi connectivity index (χ2n) is 7.90. The molecule has 1 aromatic heterocycles. The summed E-state index contributed by atoms with van der Waals surface area (Å²) in [6.07, 6.45) is 6.79. The van der Waals surface area contributed by atoms with Crippen molar-refractivity contribution in [1.29, 1.82) is 0 Å². The van der Waals surface area contributed by atoms with Crippen LogP contribution in [0.5, 0.6) is 11.5 Å². The predicted octanol–water partition coefficient (Wildman–Crippen LogP) is 3.93. The molecule has 164 valence electrons. The molecule has 1 aliphatic heterocycles. The van der Waals surface area contributed by atoms with E-state index in [4.69, 9.17) is 9.47 Å². The van der Waals surface area contributed by atoms with Crippen LogP contribution in [0.1, 0.15) is 60.9 Å². The number of hydrogen-bond donors (Lipinski definition) is 1. The number of hydrogen-bond acceptors (Lipinski definition) is 7. The highest BCUT2D eigenvalue weighted by Crippen LogP contribution is 2.41. The van der Waals surface area contributed by atoms with Crippen molar-refractivity contribution < 1.29 is 24.2 Å². The van der Waals surface area contributed by atoms with Crippen molar-refractivity contribution in [2.45, 2.75) is 57.1 Å². The van der Waals surface area contributed by atoms with Crippen LogP contribution in [0.2, 0.25) is 0 Å². The number of Topliss-reactive ketones (excluding diaryl/α,β-unsaturated/α-hetero) is 1. The number of fused-ring (bicyclic) bond motifs is 1. The van der Waals surface area contributed by atoms with Gasteiger partial charge in [0.15, 0.2) is 17.3 Å². The summed E-state index contributed by atoms with van der Waals surface area (Å²) in [4.78, 5) is 28.5. The molecule has 1 saturated carbocycles. The van der Waals surface area contributed by atoms with Gasteiger partial charge < -0.3 is 24.9 Å². The summed E-state index contributed by atoms with van der Waals surface area (Å²) in [5, 5.41) is 23.0. The van der Waals surface area contributed by atoms with Crippen molar-refractivity contribution in [3.63, 3.8) is 0 Å². The Hall–Kier alpha value is -3.13. The van der Waals surface area contributed by atoms with Crippen molar-refractivity contribution in [2.24, 2.45) is 0 Å². The Kier molecular flexibility index (Phi) is 6.08. The van der Waals surface area contributed by atoms with Crippen molar-refractivity contribution >= 4 is 17.4 Å². The molecule has 31 heavy (non-hydrogen) atoms. The van der Waals surface area contributed by atoms with Gasteiger partial charge in [0.25, 0.3) is 0 Å². The quantitative estimate of drug-likeness (QED) is 0.677. The molecule has 2 aliphatic rings. The standard InChI is InChI=1S/C23H25N2O6/c1-2-30-20-11-14(7-8-19(20)31-15-5-3-4-6-15)16(12-21(26)27)22-23(28)17-13-24-10-9-18(17)25(22)29/h7-11,13,15-16,22H,2-6,12H2,1H3,(H,26,27)/q-1. The lowest BCUT2D eigenvalue weighted by Gasteiger charge is -2.37. The molecule has 0 saturated heterocycles. The molecule has 1 aliphatic carbocycles. The number of rotatable bonds is 8. The van der Waals surface area contributed by atoms with E-state index >= 15 is 0 Å². The molecule has 0 bridgehead atoms. The summed E-state index contributed by atoms with van der Waals surface area (Å²) in [6.45, 7) is 2.26. The van der Waals surface area contributed by atoms with E-state index in [-0.39, 0.29) is 23.8 Å². The molecule has 8 nitrogen and oxygen atoms in total. The number of benzene rings is 1. The number of nitrogens with zero attached hydrogens (tertiary/aromatic N) is 2. The molecule has 0 spiro atoms. The molecule has 8 heteroatoms. The van der Waals surface area contributed by atoms with Gasteiger partial charge in [0.2, 0.25) is 0 Å². The van der Waals surface area contributed by atoms with Crippen molar-refractivity contribution in [1.82, 2.24) is 4.98 Å². The minimum absolute atomic E-state index is 0.135. The van der Waals surface area contributed by atoms with Gasteiger partial charge in [-0.05, 0) is 56.4 Å². The average Bonchev–Trinajstić information content (AvgIpc) is 3.35. The summed E-state index contributed by atoms with van der Waals surface area (Å²) in [7, 11) is 0. The Morgan fingerprint density at radius 2 is 2.06 bits per heavy atom. The van der Waals surface area contributed by atoms with Gasteiger partial charge >= 0.3 is 5.97 Å². The summed E-state index contributed by atoms with van der Waals surface area (Å²) in [5.41, 5.74) is 0.973. The number of aromatic nitrogens is 1. The van der Waals surface area contributed by atoms with Crippen LogP contribution in [0.4, 0.5) is 5.69 Å². The SMILES string of the molecule is CCOc1cc(C(CC(=O)O)C2C(=O)c3cnccc3N2[O-])ccc1OC1CCCC1. The van der Waals surface area contributed by atoms with E-state index in [0.29, 0.717) is 28.7 Å². The van der Waals surface area contributed by atoms with Crippen LogP contribution in [0.15, 0.2) is 36.7 Å². The smallest absolute Gasteiger partial charge is 0.304 e. The maximum atomic E-state index is 13.0. The minimum atomic E-state index is -1.17. The van der Waals surface area contributed by atoms with Crippen molar-refractivity contribution in [3.05, 3.63) is 53.0 Å². The zero-order valence-electron chi connectivity index (χ0n) is 17.3. The van der Waals surface area contributed by atoms with Gasteiger partial charge in [-0.15, -0.1) is 0 Å². The zero-order chi connectivity index (χ0) is 22.0. The highest BCUT2D eigenvalue weighted by atomic mass is 16.5. The topological polar surface area (TPSA) is 112 Å². The fourth-order valence-electron chi connectivity index (χ4n) is 4.44. The third-order valence-corrected chi connectivity index (χ3v) is 5.89. The molecule has 2 aromatic rings. The van der Waals surface area contributed by atoms with Crippen molar-refractivity contribution in [3.8, 4) is 11.5 Å². The van der Waals surface area contributed by atoms with Crippen LogP contribution in [-0.2, 0) is 4.79 Å². The van der Waals surface area contributed by atoms with Gasteiger partial charge in [0.1, 0.15) is 0 Å². The first-order valence-electron chi connectivity index (χ1n) is 10.6. The van der Waals surface area contributed by atoms with Gasteiger partial charge in [-0.2, -0.15) is 0 Å². The van der Waals surface area contributed by atoms with Crippen LogP contribution in [0, 0.1) is 5.21 Å². The third kappa shape index (κ3) is 4.20. The second kappa shape index (κ2) is 8.93. The van der Waals surface area contributed by atoms with Gasteiger partial charge in [0.05, 0.1) is 30.7 Å². The fourth-order valence-corrected chi connectivity index (χ4v) is 4.44. The summed E-state index contributed by atoms with van der Waals surface area (Å²) >= 11 is 0. The van der Waals surface area contributed by atoms with E-state index < -0.39 is 23.7 Å². The molecule has 2 heterocycles. The molecular formula is C23H25N2O6-. The lowest BCUT2D eigenvalue weighted by Crippen LogP contribution is -2.37. The van der Waals surface area contributed by atoms with Crippen LogP contribution in [-0.4, -0.2) is 40.6 Å². The lowest BCUT2D eigenvalue weighted by molar-refractivity contribution is -0.137. The van der Waals surface area contributed by atoms with Crippen molar-refractivity contribution in [2.75, 3.05) is 11.7 Å². The Morgan fingerprint density at radius 1 is 1.29 bits per heavy atom. The molecule has 2 atom stereocenters. The number of hydroxylamine groups is 1. The predicted molar refractivity (Wildman–Crippen MR) is 114 cm³/mol. The fraction of sp³-hybridized carbons (Fsp3) is 0.435. The number of pyridine rings is 1. The van der Waals surface area contributed by atoms with Crippen LogP contribution < -0.4 is 14.5 Å². The normalized spacial score (nSPS) is 19.4. The molecule has 0 amide bonds. The molecule has 1 N–H and O–H groups in total. The van der Waals surface area contributed by atoms with E-state index in [0.717, 1.165) is 25.7 Å². The molecular weight excluding hydrogens is 400 g/mol. The number of carboxylic acid groups (broad SMARTS) is 1. The van der Waals surface area contributed by atoms with E-state index in [1.807, 2.05) is 6.92 Å². The Morgan fingerprint density at radius 3 is 2.74 bits per heavy atom. The van der Waals surface area contributed by atoms with E-state index in [9.17, 15) is 19.9 Å². The first-order valence-corrected chi connectivity index (χ1v) is 10.6. The summed E-state index contributed by atoms with van der Waals surface area (Å²) in [5.74, 6) is -1.28. The Bertz CT molecular complexity index is 972. The number of carbonyl (C=O) groups excluding carboxylic acids is 1. The third-order valence-electron chi connectivity index (χ3n) is 5.89. The molecule has 1 aromatic carbocycles. The van der Waals surface area contributed by atoms with Crippen LogP contribution in [0.25, 0.3) is 0 Å². The van der Waals surface area contributed by atoms with Crippen LogP contribution in [0.3, 0.4) is 0 Å². The highest BCUT2D eigenvalue weighted by Gasteiger charge is 2.40. The number of anilines is 1. The van der Waals surface area contributed by atoms with Gasteiger partial charge in [0, 0.05) is 24.0 Å². The second-order valence-corrected chi connectivity index (χ2v) is 7.90. The van der Waals surface area contributed by atoms with Gasteiger partial charge in [-0.1, -0.05) is 6.07 Å². The molecule has 2 unspecified atom stereocenters. The number of ketones is 1. The number of carboxylic acids is 1. The first-order chi connectivity index (χ1) is 15.0. The number of carbonyl (C=O) groups is 2. The highest BCUT2D eigenvalue weighted by molar-refractivity contribution is 6.11. The summed E-state index contributed by atoms with van der Waals surface area (Å²) < 4.78 is 11.9. The average molecular weight is 425 g/mol. The monoisotopic (exact) mass is 425 g/mol. The Balaban J connectivity index is 1.68. The molecule has 4 rings (SSSR count). The maximum absolute atomic E-state index is 13.0. The number of aliphatic carboxylic acids is 1. The largest absolute Gasteiger partial charge is 0.758 e. The van der Waals surface area contributed by atoms with Crippen LogP contribution >= 0.6 is 0 Å². The number of ether oxygens (including phenoxy) is 2. The van der Waals surface area contributed by atoms with E-state index in [2.05, 4.69) is 4.98 Å². The first kappa shape index (κ1) is 21.1. The lowest BCUT2D eigenvalue weighted by atomic mass is 9.86.